The Labute approximate surface area is 158 Å². The van der Waals surface area contributed by atoms with Crippen molar-refractivity contribution in [1.29, 1.82) is 0 Å². The third kappa shape index (κ3) is 4.49. The van der Waals surface area contributed by atoms with Crippen molar-refractivity contribution in [1.82, 2.24) is 9.80 Å². The summed E-state index contributed by atoms with van der Waals surface area (Å²) in [6.07, 6.45) is 3.48. The molecule has 1 aliphatic heterocycles. The molecule has 26 heavy (non-hydrogen) atoms. The maximum absolute atomic E-state index is 12.4. The fourth-order valence-corrected chi connectivity index (χ4v) is 3.88. The molecule has 2 heterocycles. The molecule has 0 spiro atoms. The predicted molar refractivity (Wildman–Crippen MR) is 102 cm³/mol. The van der Waals surface area contributed by atoms with Crippen molar-refractivity contribution in [2.75, 3.05) is 31.9 Å². The number of aryl methyl sites for hydroxylation is 2. The van der Waals surface area contributed by atoms with Crippen LogP contribution >= 0.6 is 11.8 Å². The number of benzene rings is 1. The van der Waals surface area contributed by atoms with E-state index in [0.29, 0.717) is 38.2 Å². The van der Waals surface area contributed by atoms with E-state index in [4.69, 9.17) is 4.42 Å². The molecule has 2 amide bonds. The smallest absolute Gasteiger partial charge is 0.257 e. The van der Waals surface area contributed by atoms with Crippen molar-refractivity contribution < 1.29 is 14.0 Å². The van der Waals surface area contributed by atoms with Crippen molar-refractivity contribution in [2.24, 2.45) is 0 Å². The SMILES string of the molecule is Cc1ccc(SCCC(=O)N2CCN(C(=O)c3ccoc3)CC2)cc1C. The monoisotopic (exact) mass is 372 g/mol. The molecule has 0 atom stereocenters. The number of rotatable bonds is 5. The molecule has 0 bridgehead atoms. The van der Waals surface area contributed by atoms with Gasteiger partial charge in [-0.1, -0.05) is 6.07 Å². The molecule has 0 radical (unpaired) electrons. The van der Waals surface area contributed by atoms with Crippen LogP contribution in [0.5, 0.6) is 0 Å². The lowest BCUT2D eigenvalue weighted by molar-refractivity contribution is -0.132. The van der Waals surface area contributed by atoms with Crippen molar-refractivity contribution in [3.05, 3.63) is 53.5 Å². The van der Waals surface area contributed by atoms with Crippen LogP contribution < -0.4 is 0 Å². The van der Waals surface area contributed by atoms with Crippen molar-refractivity contribution >= 4 is 23.6 Å². The van der Waals surface area contributed by atoms with Gasteiger partial charge in [-0.15, -0.1) is 11.8 Å². The summed E-state index contributed by atoms with van der Waals surface area (Å²) in [6, 6.07) is 8.07. The van der Waals surface area contributed by atoms with Gasteiger partial charge in [0.25, 0.3) is 5.91 Å². The molecule has 2 aromatic rings. The summed E-state index contributed by atoms with van der Waals surface area (Å²) in [5, 5.41) is 0. The van der Waals surface area contributed by atoms with E-state index in [-0.39, 0.29) is 11.8 Å². The molecular weight excluding hydrogens is 348 g/mol. The first-order chi connectivity index (χ1) is 12.5. The lowest BCUT2D eigenvalue weighted by Gasteiger charge is -2.34. The van der Waals surface area contributed by atoms with Crippen molar-refractivity contribution in [2.45, 2.75) is 25.2 Å². The van der Waals surface area contributed by atoms with E-state index in [1.165, 1.54) is 28.5 Å². The van der Waals surface area contributed by atoms with E-state index in [9.17, 15) is 9.59 Å². The van der Waals surface area contributed by atoms with Gasteiger partial charge in [-0.05, 0) is 43.2 Å². The predicted octanol–water partition coefficient (Wildman–Crippen LogP) is 3.36. The first-order valence-corrected chi connectivity index (χ1v) is 9.82. The van der Waals surface area contributed by atoms with Crippen molar-refractivity contribution in [3.63, 3.8) is 0 Å². The number of nitrogens with zero attached hydrogens (tertiary/aromatic N) is 2. The highest BCUT2D eigenvalue weighted by Gasteiger charge is 2.25. The van der Waals surface area contributed by atoms with Gasteiger partial charge in [0.2, 0.25) is 5.91 Å². The summed E-state index contributed by atoms with van der Waals surface area (Å²) in [5.74, 6) is 0.906. The number of carbonyl (C=O) groups excluding carboxylic acids is 2. The molecule has 6 heteroatoms. The molecule has 5 nitrogen and oxygen atoms in total. The van der Waals surface area contributed by atoms with E-state index in [1.807, 2.05) is 4.90 Å². The summed E-state index contributed by atoms with van der Waals surface area (Å²) in [6.45, 7) is 6.53. The summed E-state index contributed by atoms with van der Waals surface area (Å²) in [5.41, 5.74) is 3.13. The highest BCUT2D eigenvalue weighted by molar-refractivity contribution is 7.99. The molecule has 1 aromatic carbocycles. The van der Waals surface area contributed by atoms with Crippen LogP contribution in [0.2, 0.25) is 0 Å². The average molecular weight is 372 g/mol. The van der Waals surface area contributed by atoms with Gasteiger partial charge in [0.1, 0.15) is 6.26 Å². The molecule has 0 saturated carbocycles. The first-order valence-electron chi connectivity index (χ1n) is 8.84. The molecule has 1 aliphatic rings. The van der Waals surface area contributed by atoms with E-state index >= 15 is 0 Å². The first kappa shape index (κ1) is 18.6. The zero-order valence-electron chi connectivity index (χ0n) is 15.2. The summed E-state index contributed by atoms with van der Waals surface area (Å²) >= 11 is 1.72. The third-order valence-electron chi connectivity index (χ3n) is 4.75. The number of hydrogen-bond acceptors (Lipinski definition) is 4. The largest absolute Gasteiger partial charge is 0.472 e. The van der Waals surface area contributed by atoms with Gasteiger partial charge in [-0.2, -0.15) is 0 Å². The van der Waals surface area contributed by atoms with Crippen LogP contribution in [0, 0.1) is 13.8 Å². The quantitative estimate of drug-likeness (QED) is 0.755. The highest BCUT2D eigenvalue weighted by Crippen LogP contribution is 2.22. The summed E-state index contributed by atoms with van der Waals surface area (Å²) in [7, 11) is 0. The fourth-order valence-electron chi connectivity index (χ4n) is 2.95. The van der Waals surface area contributed by atoms with Crippen LogP contribution in [0.25, 0.3) is 0 Å². The zero-order valence-corrected chi connectivity index (χ0v) is 16.1. The van der Waals surface area contributed by atoms with Gasteiger partial charge < -0.3 is 14.2 Å². The van der Waals surface area contributed by atoms with Crippen molar-refractivity contribution in [3.8, 4) is 0 Å². The second-order valence-electron chi connectivity index (χ2n) is 6.53. The zero-order chi connectivity index (χ0) is 18.5. The van der Waals surface area contributed by atoms with Crippen LogP contribution in [0.4, 0.5) is 0 Å². The van der Waals surface area contributed by atoms with E-state index in [2.05, 4.69) is 32.0 Å². The second kappa shape index (κ2) is 8.45. The second-order valence-corrected chi connectivity index (χ2v) is 7.70. The standard InChI is InChI=1S/C20H24N2O3S/c1-15-3-4-18(13-16(15)2)26-12-6-19(23)21-7-9-22(10-8-21)20(24)17-5-11-25-14-17/h3-5,11,13-14H,6-10,12H2,1-2H3. The molecule has 0 N–H and O–H groups in total. The van der Waals surface area contributed by atoms with Gasteiger partial charge in [-0.3, -0.25) is 9.59 Å². The van der Waals surface area contributed by atoms with E-state index in [0.717, 1.165) is 5.75 Å². The fraction of sp³-hybridized carbons (Fsp3) is 0.400. The molecule has 0 unspecified atom stereocenters. The topological polar surface area (TPSA) is 53.8 Å². The molecule has 138 valence electrons. The molecule has 1 saturated heterocycles. The molecule has 1 aromatic heterocycles. The van der Waals surface area contributed by atoms with E-state index in [1.54, 1.807) is 22.7 Å². The third-order valence-corrected chi connectivity index (χ3v) is 5.75. The maximum atomic E-state index is 12.4. The van der Waals surface area contributed by atoms with Gasteiger partial charge in [0, 0.05) is 43.2 Å². The Bertz CT molecular complexity index is 765. The molecular formula is C20H24N2O3S. The summed E-state index contributed by atoms with van der Waals surface area (Å²) < 4.78 is 4.97. The summed E-state index contributed by atoms with van der Waals surface area (Å²) in [4.78, 5) is 29.5. The number of furan rings is 1. The van der Waals surface area contributed by atoms with Gasteiger partial charge >= 0.3 is 0 Å². The lowest BCUT2D eigenvalue weighted by Crippen LogP contribution is -2.50. The van der Waals surface area contributed by atoms with Gasteiger partial charge in [-0.25, -0.2) is 0 Å². The number of piperazine rings is 1. The Balaban J connectivity index is 1.42. The van der Waals surface area contributed by atoms with Crippen LogP contribution in [0.15, 0.2) is 46.1 Å². The Morgan fingerprint density at radius 2 is 1.77 bits per heavy atom. The van der Waals surface area contributed by atoms with Gasteiger partial charge in [0.15, 0.2) is 0 Å². The van der Waals surface area contributed by atoms with Crippen LogP contribution in [0.3, 0.4) is 0 Å². The molecule has 1 fully saturated rings. The number of carbonyl (C=O) groups is 2. The Morgan fingerprint density at radius 3 is 2.42 bits per heavy atom. The number of thioether (sulfide) groups is 1. The Hall–Kier alpha value is -2.21. The molecule has 0 aliphatic carbocycles. The van der Waals surface area contributed by atoms with E-state index < -0.39 is 0 Å². The average Bonchev–Trinajstić information content (AvgIpc) is 3.19. The number of hydrogen-bond donors (Lipinski definition) is 0. The molecule has 3 rings (SSSR count). The lowest BCUT2D eigenvalue weighted by atomic mass is 10.1. The number of amides is 2. The Morgan fingerprint density at radius 1 is 1.04 bits per heavy atom. The van der Waals surface area contributed by atoms with Crippen LogP contribution in [0.1, 0.15) is 27.9 Å². The minimum absolute atomic E-state index is 0.0313. The minimum atomic E-state index is -0.0313. The van der Waals surface area contributed by atoms with Crippen LogP contribution in [-0.4, -0.2) is 53.5 Å². The maximum Gasteiger partial charge on any atom is 0.257 e. The van der Waals surface area contributed by atoms with Crippen LogP contribution in [-0.2, 0) is 4.79 Å². The Kier molecular flexibility index (Phi) is 6.04. The minimum Gasteiger partial charge on any atom is -0.472 e. The van der Waals surface area contributed by atoms with Gasteiger partial charge in [0.05, 0.1) is 11.8 Å². The highest BCUT2D eigenvalue weighted by atomic mass is 32.2. The normalized spacial score (nSPS) is 14.5.